The maximum atomic E-state index is 13.4. The Kier molecular flexibility index (Phi) is 4.64. The van der Waals surface area contributed by atoms with Crippen LogP contribution in [0.25, 0.3) is 21.5 Å². The highest BCUT2D eigenvalue weighted by atomic mass is 32.1. The molecule has 2 aromatic carbocycles. The van der Waals surface area contributed by atoms with E-state index < -0.39 is 0 Å². The van der Waals surface area contributed by atoms with E-state index >= 15 is 0 Å². The Hall–Kier alpha value is -2.99. The normalized spacial score (nSPS) is 17.0. The average molecular weight is 404 g/mol. The summed E-state index contributed by atoms with van der Waals surface area (Å²) >= 11 is 1.74. The number of fused-ring (bicyclic) bond motifs is 1. The largest absolute Gasteiger partial charge is 0.360 e. The van der Waals surface area contributed by atoms with Crippen molar-refractivity contribution in [1.29, 1.82) is 0 Å². The fourth-order valence-corrected chi connectivity index (χ4v) is 5.10. The lowest BCUT2D eigenvalue weighted by molar-refractivity contribution is 0.0706. The van der Waals surface area contributed by atoms with Gasteiger partial charge in [-0.2, -0.15) is 0 Å². The number of benzene rings is 2. The Labute approximate surface area is 173 Å². The minimum absolute atomic E-state index is 0.00610. The molecule has 2 aromatic heterocycles. The van der Waals surface area contributed by atoms with Crippen molar-refractivity contribution in [3.8, 4) is 11.3 Å². The van der Waals surface area contributed by atoms with Gasteiger partial charge in [0.2, 0.25) is 0 Å². The molecule has 1 fully saturated rings. The summed E-state index contributed by atoms with van der Waals surface area (Å²) in [6.45, 7) is 3.23. The highest BCUT2D eigenvalue weighted by Crippen LogP contribution is 2.34. The van der Waals surface area contributed by atoms with E-state index in [4.69, 9.17) is 9.51 Å². The molecule has 1 atom stereocenters. The molecule has 0 spiro atoms. The molecule has 0 N–H and O–H groups in total. The number of para-hydroxylation sites is 1. The van der Waals surface area contributed by atoms with E-state index in [0.29, 0.717) is 23.6 Å². The fraction of sp³-hybridized carbons (Fsp3) is 0.261. The van der Waals surface area contributed by atoms with Gasteiger partial charge in [-0.05, 0) is 31.9 Å². The van der Waals surface area contributed by atoms with Gasteiger partial charge in [0.25, 0.3) is 5.91 Å². The molecule has 6 heteroatoms. The second-order valence-corrected chi connectivity index (χ2v) is 8.50. The molecule has 4 aromatic rings. The SMILES string of the molecule is Cc1onc(-c2ccccc2)c1C(=O)N1CCCC(c2nc3ccccc3s2)C1. The van der Waals surface area contributed by atoms with Crippen molar-refractivity contribution in [2.45, 2.75) is 25.7 Å². The molecule has 1 unspecified atom stereocenters. The Morgan fingerprint density at radius 1 is 1.14 bits per heavy atom. The minimum Gasteiger partial charge on any atom is -0.360 e. The maximum Gasteiger partial charge on any atom is 0.259 e. The lowest BCUT2D eigenvalue weighted by Gasteiger charge is -2.31. The van der Waals surface area contributed by atoms with Crippen LogP contribution >= 0.6 is 11.3 Å². The fourth-order valence-electron chi connectivity index (χ4n) is 4.00. The predicted octanol–water partition coefficient (Wildman–Crippen LogP) is 5.28. The van der Waals surface area contributed by atoms with E-state index in [2.05, 4.69) is 11.2 Å². The molecule has 0 aliphatic carbocycles. The molecular formula is C23H21N3O2S. The smallest absolute Gasteiger partial charge is 0.259 e. The molecule has 1 amide bonds. The van der Waals surface area contributed by atoms with Gasteiger partial charge in [-0.25, -0.2) is 4.98 Å². The summed E-state index contributed by atoms with van der Waals surface area (Å²) in [5, 5.41) is 5.29. The number of carbonyl (C=O) groups is 1. The van der Waals surface area contributed by atoms with Crippen molar-refractivity contribution in [1.82, 2.24) is 15.0 Å². The van der Waals surface area contributed by atoms with E-state index in [-0.39, 0.29) is 11.8 Å². The zero-order chi connectivity index (χ0) is 19.8. The van der Waals surface area contributed by atoms with Gasteiger partial charge >= 0.3 is 0 Å². The van der Waals surface area contributed by atoms with Crippen LogP contribution in [0, 0.1) is 6.92 Å². The minimum atomic E-state index is -0.00610. The topological polar surface area (TPSA) is 59.2 Å². The summed E-state index contributed by atoms with van der Waals surface area (Å²) in [4.78, 5) is 20.2. The van der Waals surface area contributed by atoms with Crippen LogP contribution in [0.5, 0.6) is 0 Å². The highest BCUT2D eigenvalue weighted by molar-refractivity contribution is 7.18. The van der Waals surface area contributed by atoms with Crippen molar-refractivity contribution < 1.29 is 9.32 Å². The predicted molar refractivity (Wildman–Crippen MR) is 114 cm³/mol. The number of amides is 1. The quantitative estimate of drug-likeness (QED) is 0.467. The number of hydrogen-bond acceptors (Lipinski definition) is 5. The maximum absolute atomic E-state index is 13.4. The van der Waals surface area contributed by atoms with Crippen molar-refractivity contribution in [3.63, 3.8) is 0 Å². The van der Waals surface area contributed by atoms with Gasteiger partial charge in [0, 0.05) is 24.6 Å². The first-order chi connectivity index (χ1) is 14.2. The number of aryl methyl sites for hydroxylation is 1. The number of carbonyl (C=O) groups excluding carboxylic acids is 1. The van der Waals surface area contributed by atoms with Crippen LogP contribution in [0.4, 0.5) is 0 Å². The first-order valence-electron chi connectivity index (χ1n) is 9.87. The van der Waals surface area contributed by atoms with Gasteiger partial charge in [-0.3, -0.25) is 4.79 Å². The van der Waals surface area contributed by atoms with Crippen molar-refractivity contribution >= 4 is 27.5 Å². The zero-order valence-corrected chi connectivity index (χ0v) is 17.0. The van der Waals surface area contributed by atoms with Gasteiger partial charge in [0.1, 0.15) is 17.0 Å². The third kappa shape index (κ3) is 3.34. The molecule has 0 bridgehead atoms. The highest BCUT2D eigenvalue weighted by Gasteiger charge is 2.31. The van der Waals surface area contributed by atoms with Gasteiger partial charge < -0.3 is 9.42 Å². The number of thiazole rings is 1. The Balaban J connectivity index is 1.43. The van der Waals surface area contributed by atoms with Crippen LogP contribution < -0.4 is 0 Å². The standard InChI is InChI=1S/C23H21N3O2S/c1-15-20(21(25-28-15)16-8-3-2-4-9-16)23(27)26-13-7-10-17(14-26)22-24-18-11-5-6-12-19(18)29-22/h2-6,8-9,11-12,17H,7,10,13-14H2,1H3. The van der Waals surface area contributed by atoms with E-state index in [0.717, 1.165) is 35.5 Å². The molecule has 146 valence electrons. The Bertz CT molecular complexity index is 1130. The second-order valence-electron chi connectivity index (χ2n) is 7.44. The molecular weight excluding hydrogens is 382 g/mol. The van der Waals surface area contributed by atoms with E-state index in [1.807, 2.05) is 60.4 Å². The first-order valence-corrected chi connectivity index (χ1v) is 10.7. The zero-order valence-electron chi connectivity index (χ0n) is 16.2. The number of nitrogens with zero attached hydrogens (tertiary/aromatic N) is 3. The second kappa shape index (κ2) is 7.44. The summed E-state index contributed by atoms with van der Waals surface area (Å²) in [6, 6.07) is 18.0. The number of likely N-dealkylation sites (tertiary alicyclic amines) is 1. The average Bonchev–Trinajstić information content (AvgIpc) is 3.37. The van der Waals surface area contributed by atoms with Crippen LogP contribution in [0.1, 0.15) is 39.9 Å². The molecule has 1 saturated heterocycles. The van der Waals surface area contributed by atoms with Gasteiger partial charge in [-0.1, -0.05) is 47.6 Å². The lowest BCUT2D eigenvalue weighted by Crippen LogP contribution is -2.39. The summed E-state index contributed by atoms with van der Waals surface area (Å²) < 4.78 is 6.61. The van der Waals surface area contributed by atoms with E-state index in [1.165, 1.54) is 4.70 Å². The van der Waals surface area contributed by atoms with Gasteiger partial charge in [-0.15, -0.1) is 11.3 Å². The Morgan fingerprint density at radius 2 is 1.93 bits per heavy atom. The number of rotatable bonds is 3. The molecule has 0 saturated carbocycles. The molecule has 1 aliphatic heterocycles. The summed E-state index contributed by atoms with van der Waals surface area (Å²) in [5.74, 6) is 0.829. The monoisotopic (exact) mass is 403 g/mol. The van der Waals surface area contributed by atoms with Gasteiger partial charge in [0.05, 0.1) is 15.2 Å². The van der Waals surface area contributed by atoms with Crippen LogP contribution in [-0.2, 0) is 0 Å². The number of piperidine rings is 1. The molecule has 29 heavy (non-hydrogen) atoms. The van der Waals surface area contributed by atoms with Crippen LogP contribution in [-0.4, -0.2) is 34.0 Å². The van der Waals surface area contributed by atoms with Gasteiger partial charge in [0.15, 0.2) is 0 Å². The van der Waals surface area contributed by atoms with Crippen LogP contribution in [0.15, 0.2) is 59.1 Å². The third-order valence-corrected chi connectivity index (χ3v) is 6.69. The summed E-state index contributed by atoms with van der Waals surface area (Å²) in [6.07, 6.45) is 2.02. The number of aromatic nitrogens is 2. The lowest BCUT2D eigenvalue weighted by atomic mass is 9.97. The Morgan fingerprint density at radius 3 is 2.76 bits per heavy atom. The van der Waals surface area contributed by atoms with E-state index in [1.54, 1.807) is 11.3 Å². The van der Waals surface area contributed by atoms with Crippen molar-refractivity contribution in [2.75, 3.05) is 13.1 Å². The van der Waals surface area contributed by atoms with E-state index in [9.17, 15) is 4.79 Å². The van der Waals surface area contributed by atoms with Crippen LogP contribution in [0.3, 0.4) is 0 Å². The van der Waals surface area contributed by atoms with Crippen molar-refractivity contribution in [2.24, 2.45) is 0 Å². The van der Waals surface area contributed by atoms with Crippen molar-refractivity contribution in [3.05, 3.63) is 70.9 Å². The molecule has 5 rings (SSSR count). The summed E-state index contributed by atoms with van der Waals surface area (Å²) in [5.41, 5.74) is 3.13. The molecule has 1 aliphatic rings. The number of hydrogen-bond donors (Lipinski definition) is 0. The summed E-state index contributed by atoms with van der Waals surface area (Å²) in [7, 11) is 0. The first kappa shape index (κ1) is 18.1. The third-order valence-electron chi connectivity index (χ3n) is 5.49. The molecule has 0 radical (unpaired) electrons. The molecule has 5 nitrogen and oxygen atoms in total. The van der Waals surface area contributed by atoms with Crippen LogP contribution in [0.2, 0.25) is 0 Å². The molecule has 3 heterocycles.